The van der Waals surface area contributed by atoms with Crippen LogP contribution in [-0.2, 0) is 23.8 Å². The van der Waals surface area contributed by atoms with E-state index < -0.39 is 24.0 Å². The first kappa shape index (κ1) is 26.4. The number of aromatic amines is 1. The number of aromatic nitrogens is 1. The zero-order chi connectivity index (χ0) is 27.8. The fraction of sp³-hybridized carbons (Fsp3) is 0.312. The van der Waals surface area contributed by atoms with Crippen LogP contribution in [0.15, 0.2) is 77.5 Å². The van der Waals surface area contributed by atoms with Crippen molar-refractivity contribution >= 4 is 22.8 Å². The Morgan fingerprint density at radius 3 is 2.56 bits per heavy atom. The van der Waals surface area contributed by atoms with Crippen molar-refractivity contribution in [2.24, 2.45) is 0 Å². The number of H-pyrrole nitrogens is 1. The Balaban J connectivity index is 1.70. The number of cyclic esters (lactones) is 1. The van der Waals surface area contributed by atoms with Crippen molar-refractivity contribution in [2.45, 2.75) is 53.1 Å². The van der Waals surface area contributed by atoms with Gasteiger partial charge >= 0.3 is 11.9 Å². The monoisotopic (exact) mass is 526 g/mol. The average molecular weight is 527 g/mol. The van der Waals surface area contributed by atoms with Gasteiger partial charge in [-0.15, -0.1) is 0 Å². The van der Waals surface area contributed by atoms with E-state index >= 15 is 0 Å². The number of hydrogen-bond acceptors (Lipinski definition) is 6. The molecule has 0 saturated carbocycles. The number of allylic oxidation sites excluding steroid dienone is 1. The Morgan fingerprint density at radius 2 is 1.87 bits per heavy atom. The van der Waals surface area contributed by atoms with Crippen LogP contribution in [0.5, 0.6) is 0 Å². The number of esters is 2. The van der Waals surface area contributed by atoms with Crippen LogP contribution < -0.4 is 5.32 Å². The Bertz CT molecular complexity index is 1530. The van der Waals surface area contributed by atoms with Crippen LogP contribution in [0.25, 0.3) is 10.9 Å². The number of carbonyl (C=O) groups is 2. The normalized spacial score (nSPS) is 18.9. The Morgan fingerprint density at radius 1 is 1.13 bits per heavy atom. The minimum absolute atomic E-state index is 0.0855. The van der Waals surface area contributed by atoms with E-state index in [0.717, 1.165) is 44.4 Å². The zero-order valence-electron chi connectivity index (χ0n) is 23.1. The van der Waals surface area contributed by atoms with Crippen molar-refractivity contribution in [1.82, 2.24) is 10.3 Å². The van der Waals surface area contributed by atoms with Gasteiger partial charge in [0, 0.05) is 29.2 Å². The molecular formula is C32H34N2O5. The maximum atomic E-state index is 13.9. The van der Waals surface area contributed by atoms with Gasteiger partial charge in [0.1, 0.15) is 12.7 Å². The van der Waals surface area contributed by atoms with Gasteiger partial charge in [0.25, 0.3) is 0 Å². The van der Waals surface area contributed by atoms with Gasteiger partial charge in [0.05, 0.1) is 35.1 Å². The highest BCUT2D eigenvalue weighted by Crippen LogP contribution is 2.47. The van der Waals surface area contributed by atoms with Crippen LogP contribution in [0.1, 0.15) is 60.1 Å². The minimum Gasteiger partial charge on any atom is -0.493 e. The van der Waals surface area contributed by atoms with Crippen molar-refractivity contribution in [3.8, 4) is 0 Å². The van der Waals surface area contributed by atoms with Crippen LogP contribution >= 0.6 is 0 Å². The second-order valence-electron chi connectivity index (χ2n) is 10.3. The van der Waals surface area contributed by atoms with Crippen LogP contribution in [0.2, 0.25) is 0 Å². The van der Waals surface area contributed by atoms with Crippen molar-refractivity contribution in [3.63, 3.8) is 0 Å². The summed E-state index contributed by atoms with van der Waals surface area (Å²) in [6, 6.07) is 12.0. The highest BCUT2D eigenvalue weighted by molar-refractivity contribution is 6.02. The quantitative estimate of drug-likeness (QED) is 0.286. The van der Waals surface area contributed by atoms with Crippen molar-refractivity contribution in [3.05, 3.63) is 105 Å². The molecule has 2 atom stereocenters. The van der Waals surface area contributed by atoms with Gasteiger partial charge < -0.3 is 24.5 Å². The molecule has 3 heterocycles. The molecule has 2 aliphatic rings. The number of rotatable bonds is 7. The van der Waals surface area contributed by atoms with E-state index in [1.54, 1.807) is 13.8 Å². The summed E-state index contributed by atoms with van der Waals surface area (Å²) in [5.41, 5.74) is 8.08. The van der Waals surface area contributed by atoms with E-state index in [-0.39, 0.29) is 13.2 Å². The fourth-order valence-corrected chi connectivity index (χ4v) is 5.92. The molecule has 0 aliphatic carbocycles. The summed E-state index contributed by atoms with van der Waals surface area (Å²) in [5, 5.41) is 4.32. The summed E-state index contributed by atoms with van der Waals surface area (Å²) < 4.78 is 17.5. The molecule has 0 spiro atoms. The zero-order valence-corrected chi connectivity index (χ0v) is 23.1. The smallest absolute Gasteiger partial charge is 0.337 e. The molecule has 2 N–H and O–H groups in total. The second kappa shape index (κ2) is 10.5. The molecule has 0 saturated heterocycles. The molecule has 2 aliphatic heterocycles. The second-order valence-corrected chi connectivity index (χ2v) is 10.3. The molecule has 7 nitrogen and oxygen atoms in total. The topological polar surface area (TPSA) is 89.7 Å². The van der Waals surface area contributed by atoms with E-state index in [4.69, 9.17) is 14.2 Å². The number of aryl methyl sites for hydroxylation is 3. The predicted octanol–water partition coefficient (Wildman–Crippen LogP) is 6.09. The Labute approximate surface area is 228 Å². The van der Waals surface area contributed by atoms with Crippen LogP contribution in [0.3, 0.4) is 0 Å². The summed E-state index contributed by atoms with van der Waals surface area (Å²) in [5.74, 6) is -1.14. The van der Waals surface area contributed by atoms with Gasteiger partial charge in [-0.3, -0.25) is 0 Å². The van der Waals surface area contributed by atoms with Crippen molar-refractivity contribution in [1.29, 1.82) is 0 Å². The number of dihydropyridines is 1. The highest BCUT2D eigenvalue weighted by Gasteiger charge is 2.44. The largest absolute Gasteiger partial charge is 0.493 e. The summed E-state index contributed by atoms with van der Waals surface area (Å²) in [6.45, 7) is 13.8. The first-order chi connectivity index (χ1) is 18.7. The molecule has 1 aromatic heterocycles. The van der Waals surface area contributed by atoms with Gasteiger partial charge in [-0.1, -0.05) is 36.4 Å². The standard InChI is InChI=1S/C32H34N2O5/c1-7-37-31(35)30-25(16-38-17(2)3)34-24-15-26(27-19(5)13-18(4)14-20(27)6)39-32(36)29(24)28(30)22-9-8-10-23-21(22)11-12-33-23/h8-14,26,28,33-34H,2,7,15-16H2,1,3-6H3. The van der Waals surface area contributed by atoms with Crippen LogP contribution in [0.4, 0.5) is 0 Å². The summed E-state index contributed by atoms with van der Waals surface area (Å²) in [4.78, 5) is 30.7. The van der Waals surface area contributed by atoms with Gasteiger partial charge in [0.2, 0.25) is 0 Å². The molecular weight excluding hydrogens is 492 g/mol. The van der Waals surface area contributed by atoms with Crippen LogP contribution in [-0.4, -0.2) is 30.1 Å². The maximum Gasteiger partial charge on any atom is 0.337 e. The van der Waals surface area contributed by atoms with Gasteiger partial charge in [-0.05, 0) is 69.0 Å². The number of nitrogens with one attached hydrogen (secondary N) is 2. The molecule has 3 aromatic rings. The van der Waals surface area contributed by atoms with Gasteiger partial charge in [-0.25, -0.2) is 9.59 Å². The number of carbonyl (C=O) groups excluding carboxylic acids is 2. The first-order valence-corrected chi connectivity index (χ1v) is 13.2. The number of ether oxygens (including phenoxy) is 3. The maximum absolute atomic E-state index is 13.9. The molecule has 202 valence electrons. The lowest BCUT2D eigenvalue weighted by Gasteiger charge is -2.38. The van der Waals surface area contributed by atoms with Crippen LogP contribution in [0, 0.1) is 20.8 Å². The fourth-order valence-electron chi connectivity index (χ4n) is 5.92. The third-order valence-corrected chi connectivity index (χ3v) is 7.35. The molecule has 0 amide bonds. The summed E-state index contributed by atoms with van der Waals surface area (Å²) in [7, 11) is 0. The van der Waals surface area contributed by atoms with Gasteiger partial charge in [-0.2, -0.15) is 0 Å². The highest BCUT2D eigenvalue weighted by atomic mass is 16.5. The third-order valence-electron chi connectivity index (χ3n) is 7.35. The third kappa shape index (κ3) is 4.85. The summed E-state index contributed by atoms with van der Waals surface area (Å²) >= 11 is 0. The molecule has 39 heavy (non-hydrogen) atoms. The number of benzene rings is 2. The predicted molar refractivity (Wildman–Crippen MR) is 150 cm³/mol. The van der Waals surface area contributed by atoms with E-state index in [9.17, 15) is 9.59 Å². The van der Waals surface area contributed by atoms with E-state index in [2.05, 4.69) is 35.9 Å². The van der Waals surface area contributed by atoms with E-state index in [0.29, 0.717) is 29.0 Å². The first-order valence-electron chi connectivity index (χ1n) is 13.2. The van der Waals surface area contributed by atoms with Crippen molar-refractivity contribution in [2.75, 3.05) is 13.2 Å². The molecule has 2 aromatic carbocycles. The van der Waals surface area contributed by atoms with Crippen molar-refractivity contribution < 1.29 is 23.8 Å². The molecule has 2 unspecified atom stereocenters. The van der Waals surface area contributed by atoms with E-state index in [1.807, 2.05) is 44.3 Å². The van der Waals surface area contributed by atoms with Gasteiger partial charge in [0.15, 0.2) is 0 Å². The van der Waals surface area contributed by atoms with E-state index in [1.165, 1.54) is 0 Å². The molecule has 7 heteroatoms. The lowest BCUT2D eigenvalue weighted by atomic mass is 9.77. The molecule has 5 rings (SSSR count). The SMILES string of the molecule is C=C(C)OCC1=C(C(=O)OCC)C(c2cccc3[nH]ccc23)C2=C(CC(c3c(C)cc(C)cc3C)OC2=O)N1. The minimum atomic E-state index is -0.697. The summed E-state index contributed by atoms with van der Waals surface area (Å²) in [6.07, 6.45) is 1.83. The Hall–Kier alpha value is -4.26. The number of hydrogen-bond donors (Lipinski definition) is 2. The molecule has 0 bridgehead atoms. The molecule has 0 radical (unpaired) electrons. The average Bonchev–Trinajstić information content (AvgIpc) is 3.35. The lowest BCUT2D eigenvalue weighted by molar-refractivity contribution is -0.147. The lowest BCUT2D eigenvalue weighted by Crippen LogP contribution is -2.39. The molecule has 0 fully saturated rings. The Kier molecular flexibility index (Phi) is 7.08. The number of fused-ring (bicyclic) bond motifs is 1.